The van der Waals surface area contributed by atoms with Crippen molar-refractivity contribution in [1.82, 2.24) is 9.97 Å². The number of aliphatic carboxylic acids is 1. The first-order chi connectivity index (χ1) is 14.3. The van der Waals surface area contributed by atoms with Gasteiger partial charge in [0.1, 0.15) is 16.3 Å². The Morgan fingerprint density at radius 2 is 1.87 bits per heavy atom. The molecule has 2 aromatic carbocycles. The Morgan fingerprint density at radius 1 is 1.13 bits per heavy atom. The monoisotopic (exact) mass is 428 g/mol. The maximum Gasteiger partial charge on any atom is 0.307 e. The summed E-state index contributed by atoms with van der Waals surface area (Å²) in [5.74, 6) is -4.81. The van der Waals surface area contributed by atoms with Gasteiger partial charge >= 0.3 is 5.97 Å². The van der Waals surface area contributed by atoms with Gasteiger partial charge in [0.2, 0.25) is 0 Å². The Labute approximate surface area is 173 Å². The van der Waals surface area contributed by atoms with E-state index in [-0.39, 0.29) is 16.6 Å². The zero-order valence-electron chi connectivity index (χ0n) is 15.7. The normalized spacial score (nSPS) is 12.3. The Morgan fingerprint density at radius 3 is 2.57 bits per heavy atom. The lowest BCUT2D eigenvalue weighted by Crippen LogP contribution is -2.05. The third kappa shape index (κ3) is 3.66. The number of thiazole rings is 1. The molecular formula is C22H15F3N2O2S. The van der Waals surface area contributed by atoms with Crippen molar-refractivity contribution in [3.05, 3.63) is 82.2 Å². The van der Waals surface area contributed by atoms with Crippen LogP contribution in [0, 0.1) is 17.5 Å². The van der Waals surface area contributed by atoms with E-state index in [2.05, 4.69) is 9.97 Å². The molecule has 0 aliphatic carbocycles. The maximum absolute atomic E-state index is 14.1. The number of carboxylic acids is 1. The Bertz CT molecular complexity index is 1260. The largest absolute Gasteiger partial charge is 0.481 e. The molecule has 2 heterocycles. The van der Waals surface area contributed by atoms with Crippen LogP contribution < -0.4 is 0 Å². The lowest BCUT2D eigenvalue weighted by atomic mass is 9.94. The smallest absolute Gasteiger partial charge is 0.307 e. The van der Waals surface area contributed by atoms with Crippen LogP contribution in [0.5, 0.6) is 0 Å². The SMILES string of the molecule is CC(c1nc2c(F)c(F)cc(F)c2s1)c1cc(CC(=O)O)cnc1-c1ccccc1. The summed E-state index contributed by atoms with van der Waals surface area (Å²) in [5.41, 5.74) is 2.23. The number of pyridine rings is 1. The summed E-state index contributed by atoms with van der Waals surface area (Å²) in [7, 11) is 0. The van der Waals surface area contributed by atoms with Crippen LogP contribution in [0.2, 0.25) is 0 Å². The number of halogens is 3. The van der Waals surface area contributed by atoms with Gasteiger partial charge in [-0.25, -0.2) is 18.2 Å². The first-order valence-corrected chi connectivity index (χ1v) is 9.86. The third-order valence-electron chi connectivity index (χ3n) is 4.74. The fraction of sp³-hybridized carbons (Fsp3) is 0.136. The lowest BCUT2D eigenvalue weighted by molar-refractivity contribution is -0.136. The molecule has 30 heavy (non-hydrogen) atoms. The molecule has 0 bridgehead atoms. The molecule has 4 aromatic rings. The fourth-order valence-corrected chi connectivity index (χ4v) is 4.32. The van der Waals surface area contributed by atoms with E-state index >= 15 is 0 Å². The van der Waals surface area contributed by atoms with Crippen molar-refractivity contribution in [3.63, 3.8) is 0 Å². The second-order valence-electron chi connectivity index (χ2n) is 6.82. The number of hydrogen-bond donors (Lipinski definition) is 1. The van der Waals surface area contributed by atoms with Gasteiger partial charge in [0, 0.05) is 23.7 Å². The topological polar surface area (TPSA) is 63.1 Å². The van der Waals surface area contributed by atoms with Crippen LogP contribution in [0.4, 0.5) is 13.2 Å². The molecule has 1 N–H and O–H groups in total. The molecule has 4 rings (SSSR count). The van der Waals surface area contributed by atoms with Crippen LogP contribution in [-0.4, -0.2) is 21.0 Å². The van der Waals surface area contributed by atoms with E-state index in [1.807, 2.05) is 30.3 Å². The minimum absolute atomic E-state index is 0.0633. The van der Waals surface area contributed by atoms with E-state index in [9.17, 15) is 18.0 Å². The van der Waals surface area contributed by atoms with Crippen molar-refractivity contribution >= 4 is 27.5 Å². The molecule has 0 fully saturated rings. The number of carboxylic acid groups (broad SMARTS) is 1. The second-order valence-corrected chi connectivity index (χ2v) is 7.85. The van der Waals surface area contributed by atoms with Gasteiger partial charge in [-0.15, -0.1) is 11.3 Å². The van der Waals surface area contributed by atoms with E-state index in [0.717, 1.165) is 16.9 Å². The predicted molar refractivity (Wildman–Crippen MR) is 108 cm³/mol. The van der Waals surface area contributed by atoms with Gasteiger partial charge in [0.15, 0.2) is 11.6 Å². The van der Waals surface area contributed by atoms with Crippen molar-refractivity contribution in [2.45, 2.75) is 19.3 Å². The van der Waals surface area contributed by atoms with E-state index < -0.39 is 29.3 Å². The summed E-state index contributed by atoms with van der Waals surface area (Å²) in [6.07, 6.45) is 1.29. The van der Waals surface area contributed by atoms with Gasteiger partial charge in [0.25, 0.3) is 0 Å². The Kier molecular flexibility index (Phi) is 5.26. The number of aromatic nitrogens is 2. The van der Waals surface area contributed by atoms with Crippen molar-refractivity contribution in [3.8, 4) is 11.3 Å². The van der Waals surface area contributed by atoms with Crippen LogP contribution in [-0.2, 0) is 11.2 Å². The van der Waals surface area contributed by atoms with Crippen LogP contribution in [0.15, 0.2) is 48.7 Å². The highest BCUT2D eigenvalue weighted by atomic mass is 32.1. The highest BCUT2D eigenvalue weighted by molar-refractivity contribution is 7.18. The van der Waals surface area contributed by atoms with Crippen LogP contribution in [0.1, 0.15) is 29.0 Å². The summed E-state index contributed by atoms with van der Waals surface area (Å²) in [6, 6.07) is 11.5. The third-order valence-corrected chi connectivity index (χ3v) is 5.99. The number of fused-ring (bicyclic) bond motifs is 1. The Balaban J connectivity index is 1.87. The molecule has 0 aliphatic heterocycles. The molecule has 0 spiro atoms. The van der Waals surface area contributed by atoms with Crippen molar-refractivity contribution in [2.24, 2.45) is 0 Å². The van der Waals surface area contributed by atoms with Gasteiger partial charge in [-0.1, -0.05) is 43.3 Å². The number of hydrogen-bond acceptors (Lipinski definition) is 4. The molecule has 0 saturated carbocycles. The summed E-state index contributed by atoms with van der Waals surface area (Å²) in [4.78, 5) is 19.8. The first-order valence-electron chi connectivity index (χ1n) is 9.05. The molecule has 0 saturated heterocycles. The van der Waals surface area contributed by atoms with E-state index in [4.69, 9.17) is 5.11 Å². The van der Waals surface area contributed by atoms with Gasteiger partial charge in [-0.2, -0.15) is 0 Å². The van der Waals surface area contributed by atoms with Gasteiger partial charge in [0.05, 0.1) is 16.8 Å². The number of carbonyl (C=O) groups is 1. The standard InChI is InChI=1S/C22H15F3N2O2S/c1-11(22-27-20-18(25)15(23)9-16(24)21(20)30-22)14-7-12(8-17(28)29)10-26-19(14)13-5-3-2-4-6-13/h2-7,9-11H,8H2,1H3,(H,28,29). The minimum atomic E-state index is -1.29. The second kappa shape index (κ2) is 7.87. The maximum atomic E-state index is 14.1. The van der Waals surface area contributed by atoms with Crippen molar-refractivity contribution in [2.75, 3.05) is 0 Å². The summed E-state index contributed by atoms with van der Waals surface area (Å²) in [6.45, 7) is 1.79. The highest BCUT2D eigenvalue weighted by Gasteiger charge is 2.23. The summed E-state index contributed by atoms with van der Waals surface area (Å²) >= 11 is 0.936. The van der Waals surface area contributed by atoms with Gasteiger partial charge < -0.3 is 5.11 Å². The Hall–Kier alpha value is -3.26. The van der Waals surface area contributed by atoms with Crippen molar-refractivity contribution < 1.29 is 23.1 Å². The molecule has 0 aliphatic rings. The number of benzene rings is 2. The van der Waals surface area contributed by atoms with Gasteiger partial charge in [-0.3, -0.25) is 9.78 Å². The zero-order valence-corrected chi connectivity index (χ0v) is 16.5. The molecule has 0 radical (unpaired) electrons. The van der Waals surface area contributed by atoms with Crippen LogP contribution in [0.3, 0.4) is 0 Å². The summed E-state index contributed by atoms with van der Waals surface area (Å²) in [5, 5.41) is 9.50. The minimum Gasteiger partial charge on any atom is -0.481 e. The average Bonchev–Trinajstić information content (AvgIpc) is 3.18. The molecule has 4 nitrogen and oxygen atoms in total. The van der Waals surface area contributed by atoms with E-state index in [1.54, 1.807) is 13.0 Å². The molecule has 1 atom stereocenters. The van der Waals surface area contributed by atoms with Crippen LogP contribution >= 0.6 is 11.3 Å². The fourth-order valence-electron chi connectivity index (χ4n) is 3.28. The van der Waals surface area contributed by atoms with Crippen LogP contribution in [0.25, 0.3) is 21.5 Å². The molecule has 2 aromatic heterocycles. The lowest BCUT2D eigenvalue weighted by Gasteiger charge is -2.15. The molecule has 0 amide bonds. The molecule has 8 heteroatoms. The van der Waals surface area contributed by atoms with E-state index in [0.29, 0.717) is 27.9 Å². The quantitative estimate of drug-likeness (QED) is 0.423. The molecular weight excluding hydrogens is 413 g/mol. The highest BCUT2D eigenvalue weighted by Crippen LogP contribution is 2.38. The van der Waals surface area contributed by atoms with E-state index in [1.165, 1.54) is 6.20 Å². The molecule has 1 unspecified atom stereocenters. The zero-order chi connectivity index (χ0) is 21.4. The number of rotatable bonds is 5. The van der Waals surface area contributed by atoms with Gasteiger partial charge in [-0.05, 0) is 11.1 Å². The van der Waals surface area contributed by atoms with Crippen molar-refractivity contribution in [1.29, 1.82) is 0 Å². The average molecular weight is 428 g/mol. The predicted octanol–water partition coefficient (Wildman–Crippen LogP) is 5.55. The number of nitrogens with zero attached hydrogens (tertiary/aromatic N) is 2. The summed E-state index contributed by atoms with van der Waals surface area (Å²) < 4.78 is 41.8. The molecule has 152 valence electrons. The first kappa shape index (κ1) is 20.0.